The Balaban J connectivity index is 1.81. The molecule has 0 spiro atoms. The van der Waals surface area contributed by atoms with Crippen molar-refractivity contribution < 1.29 is 0 Å². The number of benzene rings is 1. The van der Waals surface area contributed by atoms with Gasteiger partial charge in [-0.3, -0.25) is 0 Å². The zero-order valence-corrected chi connectivity index (χ0v) is 16.2. The van der Waals surface area contributed by atoms with Crippen LogP contribution in [-0.2, 0) is 6.42 Å². The SMILES string of the molecule is CNC1CCN(CC(C)Cc2ccc([Si](C)(C)C)cc2)CC1. The number of hydrogen-bond acceptors (Lipinski definition) is 2. The van der Waals surface area contributed by atoms with Gasteiger partial charge in [0, 0.05) is 12.6 Å². The second-order valence-corrected chi connectivity index (χ2v) is 13.2. The van der Waals surface area contributed by atoms with Gasteiger partial charge in [-0.2, -0.15) is 0 Å². The summed E-state index contributed by atoms with van der Waals surface area (Å²) >= 11 is 0. The van der Waals surface area contributed by atoms with Gasteiger partial charge in [-0.15, -0.1) is 0 Å². The topological polar surface area (TPSA) is 15.3 Å². The third-order valence-electron chi connectivity index (χ3n) is 4.97. The van der Waals surface area contributed by atoms with Crippen LogP contribution in [0.25, 0.3) is 0 Å². The Kier molecular flexibility index (Phi) is 6.24. The number of hydrogen-bond donors (Lipinski definition) is 1. The summed E-state index contributed by atoms with van der Waals surface area (Å²) in [5.41, 5.74) is 1.50. The predicted octanol–water partition coefficient (Wildman–Crippen LogP) is 3.09. The van der Waals surface area contributed by atoms with Crippen molar-refractivity contribution in [3.63, 3.8) is 0 Å². The van der Waals surface area contributed by atoms with Crippen molar-refractivity contribution in [1.29, 1.82) is 0 Å². The van der Waals surface area contributed by atoms with Crippen molar-refractivity contribution in [2.75, 3.05) is 26.7 Å². The Morgan fingerprint density at radius 1 is 1.14 bits per heavy atom. The van der Waals surface area contributed by atoms with Gasteiger partial charge in [0.25, 0.3) is 0 Å². The van der Waals surface area contributed by atoms with Crippen LogP contribution in [0.4, 0.5) is 0 Å². The molecule has 0 aromatic heterocycles. The molecule has 0 bridgehead atoms. The molecule has 0 radical (unpaired) electrons. The Bertz CT molecular complexity index is 441. The van der Waals surface area contributed by atoms with Crippen LogP contribution in [0.1, 0.15) is 25.3 Å². The summed E-state index contributed by atoms with van der Waals surface area (Å²) in [5.74, 6) is 0.740. The van der Waals surface area contributed by atoms with Crippen molar-refractivity contribution in [2.24, 2.45) is 5.92 Å². The molecule has 1 aromatic carbocycles. The van der Waals surface area contributed by atoms with Gasteiger partial charge in [0.2, 0.25) is 0 Å². The predicted molar refractivity (Wildman–Crippen MR) is 101 cm³/mol. The lowest BCUT2D eigenvalue weighted by Gasteiger charge is -2.33. The molecule has 1 saturated heterocycles. The molecule has 1 unspecified atom stereocenters. The highest BCUT2D eigenvalue weighted by Gasteiger charge is 2.19. The van der Waals surface area contributed by atoms with E-state index in [1.807, 2.05) is 0 Å². The number of nitrogens with zero attached hydrogens (tertiary/aromatic N) is 1. The molecule has 22 heavy (non-hydrogen) atoms. The molecule has 1 fully saturated rings. The van der Waals surface area contributed by atoms with Crippen LogP contribution in [0.2, 0.25) is 19.6 Å². The summed E-state index contributed by atoms with van der Waals surface area (Å²) < 4.78 is 0. The first kappa shape index (κ1) is 17.7. The van der Waals surface area contributed by atoms with Gasteiger partial charge < -0.3 is 10.2 Å². The van der Waals surface area contributed by atoms with E-state index in [-0.39, 0.29) is 0 Å². The van der Waals surface area contributed by atoms with Gasteiger partial charge in [-0.05, 0) is 50.9 Å². The quantitative estimate of drug-likeness (QED) is 0.811. The fourth-order valence-corrected chi connectivity index (χ4v) is 4.62. The van der Waals surface area contributed by atoms with Crippen LogP contribution in [0.15, 0.2) is 24.3 Å². The summed E-state index contributed by atoms with van der Waals surface area (Å²) in [5, 5.41) is 4.98. The average Bonchev–Trinajstić information content (AvgIpc) is 2.47. The summed E-state index contributed by atoms with van der Waals surface area (Å²) in [6, 6.07) is 10.2. The van der Waals surface area contributed by atoms with Crippen molar-refractivity contribution in [1.82, 2.24) is 10.2 Å². The van der Waals surface area contributed by atoms with Gasteiger partial charge in [0.1, 0.15) is 0 Å². The number of piperidine rings is 1. The molecule has 1 atom stereocenters. The van der Waals surface area contributed by atoms with E-state index in [0.29, 0.717) is 0 Å². The monoisotopic (exact) mass is 318 g/mol. The van der Waals surface area contributed by atoms with Crippen LogP contribution >= 0.6 is 0 Å². The minimum atomic E-state index is -1.16. The van der Waals surface area contributed by atoms with Crippen LogP contribution in [0.5, 0.6) is 0 Å². The second-order valence-electron chi connectivity index (χ2n) is 8.12. The molecule has 0 amide bonds. The van der Waals surface area contributed by atoms with Crippen molar-refractivity contribution >= 4 is 13.3 Å². The molecule has 0 aliphatic carbocycles. The van der Waals surface area contributed by atoms with Crippen molar-refractivity contribution in [3.05, 3.63) is 29.8 Å². The third-order valence-corrected chi connectivity index (χ3v) is 7.04. The molecule has 1 heterocycles. The van der Waals surface area contributed by atoms with E-state index in [9.17, 15) is 0 Å². The molecule has 1 aliphatic rings. The van der Waals surface area contributed by atoms with E-state index in [1.165, 1.54) is 44.5 Å². The molecule has 1 aliphatic heterocycles. The summed E-state index contributed by atoms with van der Waals surface area (Å²) in [4.78, 5) is 2.65. The maximum Gasteiger partial charge on any atom is 0.0775 e. The first-order valence-electron chi connectivity index (χ1n) is 8.87. The highest BCUT2D eigenvalue weighted by molar-refractivity contribution is 6.88. The Morgan fingerprint density at radius 3 is 2.23 bits per heavy atom. The van der Waals surface area contributed by atoms with Gasteiger partial charge in [0.05, 0.1) is 8.07 Å². The zero-order chi connectivity index (χ0) is 16.2. The number of rotatable bonds is 6. The van der Waals surface area contributed by atoms with Crippen LogP contribution in [0.3, 0.4) is 0 Å². The van der Waals surface area contributed by atoms with Gasteiger partial charge >= 0.3 is 0 Å². The van der Waals surface area contributed by atoms with Crippen LogP contribution in [-0.4, -0.2) is 45.7 Å². The first-order valence-corrected chi connectivity index (χ1v) is 12.4. The zero-order valence-electron chi connectivity index (χ0n) is 15.2. The third kappa shape index (κ3) is 5.22. The lowest BCUT2D eigenvalue weighted by Crippen LogP contribution is -2.42. The molecule has 3 heteroatoms. The molecule has 124 valence electrons. The van der Waals surface area contributed by atoms with E-state index in [2.05, 4.69) is 68.1 Å². The second kappa shape index (κ2) is 7.76. The molecular formula is C19H34N2Si. The van der Waals surface area contributed by atoms with E-state index in [0.717, 1.165) is 12.0 Å². The maximum absolute atomic E-state index is 3.41. The van der Waals surface area contributed by atoms with E-state index >= 15 is 0 Å². The Labute approximate surface area is 138 Å². The molecule has 1 aromatic rings. The highest BCUT2D eigenvalue weighted by atomic mass is 28.3. The highest BCUT2D eigenvalue weighted by Crippen LogP contribution is 2.15. The largest absolute Gasteiger partial charge is 0.317 e. The van der Waals surface area contributed by atoms with Gasteiger partial charge in [-0.1, -0.05) is 56.0 Å². The van der Waals surface area contributed by atoms with Gasteiger partial charge in [0.15, 0.2) is 0 Å². The van der Waals surface area contributed by atoms with Gasteiger partial charge in [-0.25, -0.2) is 0 Å². The Morgan fingerprint density at radius 2 is 1.73 bits per heavy atom. The summed E-state index contributed by atoms with van der Waals surface area (Å²) in [6.45, 7) is 13.4. The number of likely N-dealkylation sites (tertiary alicyclic amines) is 1. The lowest BCUT2D eigenvalue weighted by molar-refractivity contribution is 0.179. The minimum Gasteiger partial charge on any atom is -0.317 e. The van der Waals surface area contributed by atoms with Crippen LogP contribution < -0.4 is 10.5 Å². The standard InChI is InChI=1S/C19H34N2Si/c1-16(15-21-12-10-18(20-2)11-13-21)14-17-6-8-19(9-7-17)22(3,4)5/h6-9,16,18,20H,10-15H2,1-5H3. The maximum atomic E-state index is 3.41. The Hall–Kier alpha value is -0.643. The van der Waals surface area contributed by atoms with E-state index < -0.39 is 8.07 Å². The lowest BCUT2D eigenvalue weighted by atomic mass is 9.98. The first-order chi connectivity index (χ1) is 10.4. The smallest absolute Gasteiger partial charge is 0.0775 e. The van der Waals surface area contributed by atoms with Crippen molar-refractivity contribution in [3.8, 4) is 0 Å². The van der Waals surface area contributed by atoms with E-state index in [4.69, 9.17) is 0 Å². The minimum absolute atomic E-state index is 0.737. The average molecular weight is 319 g/mol. The fourth-order valence-electron chi connectivity index (χ4n) is 3.45. The molecule has 1 N–H and O–H groups in total. The fraction of sp³-hybridized carbons (Fsp3) is 0.684. The van der Waals surface area contributed by atoms with Crippen LogP contribution in [0, 0.1) is 5.92 Å². The summed E-state index contributed by atoms with van der Waals surface area (Å²) in [6.07, 6.45) is 3.81. The molecule has 2 rings (SSSR count). The molecule has 2 nitrogen and oxygen atoms in total. The van der Waals surface area contributed by atoms with Crippen molar-refractivity contribution in [2.45, 2.75) is 51.9 Å². The normalized spacial score (nSPS) is 19.3. The van der Waals surface area contributed by atoms with E-state index in [1.54, 1.807) is 5.19 Å². The molecule has 0 saturated carbocycles. The number of nitrogens with one attached hydrogen (secondary N) is 1. The molecular weight excluding hydrogens is 284 g/mol. The summed E-state index contributed by atoms with van der Waals surface area (Å²) in [7, 11) is 0.935.